The number of carbonyl (C=O) groups excluding carboxylic acids is 1. The highest BCUT2D eigenvalue weighted by atomic mass is 32.1. The molecule has 0 aliphatic carbocycles. The van der Waals surface area contributed by atoms with Gasteiger partial charge in [0.2, 0.25) is 0 Å². The van der Waals surface area contributed by atoms with Gasteiger partial charge in [0.25, 0.3) is 5.91 Å². The summed E-state index contributed by atoms with van der Waals surface area (Å²) in [6.07, 6.45) is 1.55. The molecule has 7 heteroatoms. The molecule has 0 atom stereocenters. The fourth-order valence-electron chi connectivity index (χ4n) is 2.42. The van der Waals surface area contributed by atoms with Crippen molar-refractivity contribution >= 4 is 28.9 Å². The number of aromatic nitrogens is 1. The number of nitrogens with zero attached hydrogens (tertiary/aromatic N) is 1. The molecular weight excluding hydrogens is 374 g/mol. The van der Waals surface area contributed by atoms with Crippen LogP contribution in [0.15, 0.2) is 72.9 Å². The van der Waals surface area contributed by atoms with Gasteiger partial charge in [-0.25, -0.2) is 0 Å². The molecule has 0 radical (unpaired) electrons. The molecule has 3 rings (SSSR count). The molecular formula is C21H19N3O3S. The van der Waals surface area contributed by atoms with Crippen LogP contribution in [0, 0.1) is 0 Å². The molecule has 2 aromatic carbocycles. The highest BCUT2D eigenvalue weighted by Crippen LogP contribution is 2.20. The lowest BCUT2D eigenvalue weighted by molar-refractivity contribution is 0.0973. The molecule has 6 nitrogen and oxygen atoms in total. The highest BCUT2D eigenvalue weighted by Gasteiger charge is 2.09. The maximum Gasteiger partial charge on any atom is 0.275 e. The Kier molecular flexibility index (Phi) is 6.54. The topological polar surface area (TPSA) is 72.5 Å². The van der Waals surface area contributed by atoms with Crippen molar-refractivity contribution in [2.45, 2.75) is 6.61 Å². The van der Waals surface area contributed by atoms with Crippen molar-refractivity contribution in [3.05, 3.63) is 84.2 Å². The van der Waals surface area contributed by atoms with Crippen LogP contribution in [0.3, 0.4) is 0 Å². The van der Waals surface area contributed by atoms with Crippen molar-refractivity contribution in [1.82, 2.24) is 10.3 Å². The number of hydrogen-bond acceptors (Lipinski definition) is 5. The van der Waals surface area contributed by atoms with Gasteiger partial charge in [-0.1, -0.05) is 24.3 Å². The van der Waals surface area contributed by atoms with E-state index in [0.29, 0.717) is 23.7 Å². The van der Waals surface area contributed by atoms with Crippen LogP contribution in [0.4, 0.5) is 5.69 Å². The first-order valence-electron chi connectivity index (χ1n) is 8.53. The smallest absolute Gasteiger partial charge is 0.275 e. The molecule has 1 aromatic heterocycles. The molecule has 1 heterocycles. The van der Waals surface area contributed by atoms with E-state index in [9.17, 15) is 4.79 Å². The summed E-state index contributed by atoms with van der Waals surface area (Å²) >= 11 is 5.20. The van der Waals surface area contributed by atoms with Gasteiger partial charge in [0.05, 0.1) is 7.11 Å². The number of carbonyl (C=O) groups is 1. The maximum atomic E-state index is 12.1. The van der Waals surface area contributed by atoms with Gasteiger partial charge in [-0.2, -0.15) is 0 Å². The molecule has 142 valence electrons. The van der Waals surface area contributed by atoms with Gasteiger partial charge >= 0.3 is 0 Å². The predicted octanol–water partition coefficient (Wildman–Crippen LogP) is 3.80. The van der Waals surface area contributed by atoms with Crippen molar-refractivity contribution in [1.29, 1.82) is 0 Å². The van der Waals surface area contributed by atoms with Gasteiger partial charge in [0, 0.05) is 18.0 Å². The first-order chi connectivity index (χ1) is 13.6. The van der Waals surface area contributed by atoms with Gasteiger partial charge in [-0.05, 0) is 54.2 Å². The Morgan fingerprint density at radius 1 is 1.04 bits per heavy atom. The average Bonchev–Trinajstić information content (AvgIpc) is 2.73. The van der Waals surface area contributed by atoms with Crippen molar-refractivity contribution < 1.29 is 14.3 Å². The first kappa shape index (κ1) is 19.3. The Morgan fingerprint density at radius 2 is 1.86 bits per heavy atom. The normalized spacial score (nSPS) is 10.0. The van der Waals surface area contributed by atoms with E-state index >= 15 is 0 Å². The third-order valence-corrected chi connectivity index (χ3v) is 3.96. The second kappa shape index (κ2) is 9.48. The second-order valence-corrected chi connectivity index (χ2v) is 6.20. The van der Waals surface area contributed by atoms with E-state index in [1.807, 2.05) is 42.5 Å². The minimum atomic E-state index is -0.372. The number of amides is 1. The predicted molar refractivity (Wildman–Crippen MR) is 112 cm³/mol. The Morgan fingerprint density at radius 3 is 2.64 bits per heavy atom. The molecule has 0 spiro atoms. The van der Waals surface area contributed by atoms with Crippen LogP contribution in [0.2, 0.25) is 0 Å². The molecule has 0 saturated carbocycles. The summed E-state index contributed by atoms with van der Waals surface area (Å²) in [5.74, 6) is 1.08. The van der Waals surface area contributed by atoms with Crippen LogP contribution in [-0.2, 0) is 6.61 Å². The van der Waals surface area contributed by atoms with E-state index in [-0.39, 0.29) is 11.0 Å². The van der Waals surface area contributed by atoms with E-state index in [1.165, 1.54) is 0 Å². The summed E-state index contributed by atoms with van der Waals surface area (Å²) < 4.78 is 11.0. The number of ether oxygens (including phenoxy) is 2. The van der Waals surface area contributed by atoms with Gasteiger partial charge < -0.3 is 14.8 Å². The van der Waals surface area contributed by atoms with Crippen molar-refractivity contribution in [2.24, 2.45) is 0 Å². The molecule has 1 amide bonds. The minimum absolute atomic E-state index is 0.181. The Bertz CT molecular complexity index is 964. The number of nitrogens with one attached hydrogen (secondary N) is 2. The fourth-order valence-corrected chi connectivity index (χ4v) is 2.63. The standard InChI is InChI=1S/C21H19N3O3S/c1-26-17-8-4-6-15(12-17)14-27-18-9-5-7-16(13-18)23-21(28)24-20(25)19-10-2-3-11-22-19/h2-13H,14H2,1H3,(H2,23,24,25,28). The van der Waals surface area contributed by atoms with E-state index in [1.54, 1.807) is 37.6 Å². The Balaban J connectivity index is 1.56. The summed E-state index contributed by atoms with van der Waals surface area (Å²) in [7, 11) is 1.63. The molecule has 2 N–H and O–H groups in total. The summed E-state index contributed by atoms with van der Waals surface area (Å²) in [5, 5.41) is 5.75. The number of thiocarbonyl (C=S) groups is 1. The molecule has 28 heavy (non-hydrogen) atoms. The molecule has 0 unspecified atom stereocenters. The highest BCUT2D eigenvalue weighted by molar-refractivity contribution is 7.80. The van der Waals surface area contributed by atoms with Crippen LogP contribution in [-0.4, -0.2) is 23.1 Å². The fraction of sp³-hybridized carbons (Fsp3) is 0.0952. The van der Waals surface area contributed by atoms with E-state index in [2.05, 4.69) is 15.6 Å². The average molecular weight is 393 g/mol. The summed E-state index contributed by atoms with van der Waals surface area (Å²) in [4.78, 5) is 16.1. The van der Waals surface area contributed by atoms with Gasteiger partial charge in [-0.15, -0.1) is 0 Å². The molecule has 0 aliphatic heterocycles. The number of benzene rings is 2. The summed E-state index contributed by atoms with van der Waals surface area (Å²) in [6, 6.07) is 20.1. The van der Waals surface area contributed by atoms with Crippen LogP contribution >= 0.6 is 12.2 Å². The second-order valence-electron chi connectivity index (χ2n) is 5.79. The first-order valence-corrected chi connectivity index (χ1v) is 8.94. The lowest BCUT2D eigenvalue weighted by Crippen LogP contribution is -2.34. The van der Waals surface area contributed by atoms with Crippen molar-refractivity contribution in [3.8, 4) is 11.5 Å². The lowest BCUT2D eigenvalue weighted by atomic mass is 10.2. The van der Waals surface area contributed by atoms with Crippen molar-refractivity contribution in [3.63, 3.8) is 0 Å². The molecule has 0 saturated heterocycles. The zero-order chi connectivity index (χ0) is 19.8. The van der Waals surface area contributed by atoms with E-state index in [0.717, 1.165) is 11.3 Å². The number of methoxy groups -OCH3 is 1. The SMILES string of the molecule is COc1cccc(COc2cccc(NC(=S)NC(=O)c3ccccn3)c2)c1. The number of pyridine rings is 1. The third-order valence-electron chi connectivity index (χ3n) is 3.76. The van der Waals surface area contributed by atoms with Crippen LogP contribution in [0.1, 0.15) is 16.1 Å². The van der Waals surface area contributed by atoms with Crippen LogP contribution < -0.4 is 20.1 Å². The van der Waals surface area contributed by atoms with Crippen LogP contribution in [0.5, 0.6) is 11.5 Å². The van der Waals surface area contributed by atoms with Crippen LogP contribution in [0.25, 0.3) is 0 Å². The van der Waals surface area contributed by atoms with Gasteiger partial charge in [0.15, 0.2) is 5.11 Å². The summed E-state index contributed by atoms with van der Waals surface area (Å²) in [5.41, 5.74) is 1.99. The molecule has 0 fully saturated rings. The number of rotatable bonds is 6. The lowest BCUT2D eigenvalue weighted by Gasteiger charge is -2.12. The maximum absolute atomic E-state index is 12.1. The minimum Gasteiger partial charge on any atom is -0.497 e. The third kappa shape index (κ3) is 5.52. The van der Waals surface area contributed by atoms with Gasteiger partial charge in [0.1, 0.15) is 23.8 Å². The Labute approximate surface area is 168 Å². The Hall–Kier alpha value is -3.45. The quantitative estimate of drug-likeness (QED) is 0.621. The molecule has 0 bridgehead atoms. The van der Waals surface area contributed by atoms with E-state index in [4.69, 9.17) is 21.7 Å². The van der Waals surface area contributed by atoms with Gasteiger partial charge in [-0.3, -0.25) is 15.1 Å². The zero-order valence-corrected chi connectivity index (χ0v) is 16.0. The largest absolute Gasteiger partial charge is 0.497 e. The molecule has 0 aliphatic rings. The summed E-state index contributed by atoms with van der Waals surface area (Å²) in [6.45, 7) is 0.404. The monoisotopic (exact) mass is 393 g/mol. The molecule has 3 aromatic rings. The number of hydrogen-bond donors (Lipinski definition) is 2. The number of anilines is 1. The zero-order valence-electron chi connectivity index (χ0n) is 15.2. The van der Waals surface area contributed by atoms with E-state index < -0.39 is 0 Å². The van der Waals surface area contributed by atoms with Crippen molar-refractivity contribution in [2.75, 3.05) is 12.4 Å².